The first-order valence-electron chi connectivity index (χ1n) is 4.03. The number of aryl methyl sites for hydroxylation is 1. The Kier molecular flexibility index (Phi) is 3.34. The van der Waals surface area contributed by atoms with Crippen LogP contribution in [0, 0.1) is 6.92 Å². The van der Waals surface area contributed by atoms with Gasteiger partial charge in [0.15, 0.2) is 0 Å². The molecule has 66 valence electrons. The predicted molar refractivity (Wildman–Crippen MR) is 48.3 cm³/mol. The molecule has 0 radical (unpaired) electrons. The van der Waals surface area contributed by atoms with Crippen LogP contribution in [0.1, 0.15) is 30.6 Å². The van der Waals surface area contributed by atoms with E-state index in [2.05, 4.69) is 9.36 Å². The van der Waals surface area contributed by atoms with Crippen molar-refractivity contribution in [1.29, 1.82) is 0 Å². The lowest BCUT2D eigenvalue weighted by atomic mass is 10.2. The molecule has 0 unspecified atom stereocenters. The summed E-state index contributed by atoms with van der Waals surface area (Å²) in [5.41, 5.74) is 0. The lowest BCUT2D eigenvalue weighted by Crippen LogP contribution is -2.01. The van der Waals surface area contributed by atoms with Crippen LogP contribution in [-0.2, 0) is 11.2 Å². The summed E-state index contributed by atoms with van der Waals surface area (Å²) in [5.74, 6) is 1.02. The smallest absolute Gasteiger partial charge is 0.139 e. The van der Waals surface area contributed by atoms with Crippen molar-refractivity contribution >= 4 is 17.3 Å². The van der Waals surface area contributed by atoms with Gasteiger partial charge in [-0.2, -0.15) is 4.37 Å². The lowest BCUT2D eigenvalue weighted by molar-refractivity contribution is -0.118. The van der Waals surface area contributed by atoms with Gasteiger partial charge in [-0.1, -0.05) is 6.92 Å². The van der Waals surface area contributed by atoms with E-state index in [1.165, 1.54) is 11.5 Å². The molecule has 0 saturated carbocycles. The van der Waals surface area contributed by atoms with Gasteiger partial charge in [0.2, 0.25) is 0 Å². The molecule has 4 heteroatoms. The van der Waals surface area contributed by atoms with Crippen molar-refractivity contribution in [2.24, 2.45) is 0 Å². The van der Waals surface area contributed by atoms with Gasteiger partial charge in [0, 0.05) is 6.42 Å². The zero-order valence-electron chi connectivity index (χ0n) is 7.33. The second-order valence-electron chi connectivity index (χ2n) is 2.70. The fraction of sp³-hybridized carbons (Fsp3) is 0.625. The van der Waals surface area contributed by atoms with Crippen molar-refractivity contribution in [1.82, 2.24) is 9.36 Å². The van der Waals surface area contributed by atoms with Gasteiger partial charge in [0.05, 0.1) is 6.42 Å². The third-order valence-corrected chi connectivity index (χ3v) is 2.25. The minimum atomic E-state index is 0.258. The molecule has 0 aromatic carbocycles. The molecule has 0 N–H and O–H groups in total. The van der Waals surface area contributed by atoms with Crippen molar-refractivity contribution in [2.75, 3.05) is 0 Å². The molecule has 1 aromatic rings. The summed E-state index contributed by atoms with van der Waals surface area (Å²) in [4.78, 5) is 15.3. The zero-order valence-corrected chi connectivity index (χ0v) is 8.15. The van der Waals surface area contributed by atoms with Crippen LogP contribution in [0.25, 0.3) is 0 Å². The molecule has 1 heterocycles. The second kappa shape index (κ2) is 4.30. The Labute approximate surface area is 76.0 Å². The van der Waals surface area contributed by atoms with Crippen LogP contribution in [-0.4, -0.2) is 15.1 Å². The van der Waals surface area contributed by atoms with E-state index in [0.717, 1.165) is 17.3 Å². The minimum Gasteiger partial charge on any atom is -0.299 e. The number of aromatic nitrogens is 2. The number of rotatable bonds is 4. The van der Waals surface area contributed by atoms with Crippen LogP contribution in [0.15, 0.2) is 0 Å². The highest BCUT2D eigenvalue weighted by atomic mass is 32.1. The SMILES string of the molecule is CCCC(=O)Cc1nc(C)ns1. The topological polar surface area (TPSA) is 42.9 Å². The van der Waals surface area contributed by atoms with Crippen LogP contribution in [0.2, 0.25) is 0 Å². The average Bonchev–Trinajstić information content (AvgIpc) is 2.36. The van der Waals surface area contributed by atoms with Gasteiger partial charge in [0.25, 0.3) is 0 Å². The fourth-order valence-electron chi connectivity index (χ4n) is 0.948. The maximum absolute atomic E-state index is 11.2. The summed E-state index contributed by atoms with van der Waals surface area (Å²) in [6.45, 7) is 3.84. The molecular formula is C8H12N2OS. The first-order chi connectivity index (χ1) is 5.72. The van der Waals surface area contributed by atoms with E-state index >= 15 is 0 Å². The van der Waals surface area contributed by atoms with Crippen LogP contribution in [0.5, 0.6) is 0 Å². The number of carbonyl (C=O) groups is 1. The summed E-state index contributed by atoms with van der Waals surface area (Å²) in [6.07, 6.45) is 2.02. The van der Waals surface area contributed by atoms with Crippen molar-refractivity contribution < 1.29 is 4.79 Å². The first-order valence-corrected chi connectivity index (χ1v) is 4.80. The van der Waals surface area contributed by atoms with Gasteiger partial charge in [-0.05, 0) is 24.9 Å². The fourth-order valence-corrected chi connectivity index (χ4v) is 1.62. The Morgan fingerprint density at radius 3 is 2.83 bits per heavy atom. The van der Waals surface area contributed by atoms with E-state index in [1.54, 1.807) is 0 Å². The molecule has 0 fully saturated rings. The highest BCUT2D eigenvalue weighted by Gasteiger charge is 2.05. The number of ketones is 1. The molecule has 0 aliphatic heterocycles. The predicted octanol–water partition coefficient (Wildman–Crippen LogP) is 1.76. The monoisotopic (exact) mass is 184 g/mol. The summed E-state index contributed by atoms with van der Waals surface area (Å²) in [5, 5.41) is 0.839. The van der Waals surface area contributed by atoms with E-state index in [4.69, 9.17) is 0 Å². The van der Waals surface area contributed by atoms with Gasteiger partial charge in [0.1, 0.15) is 16.6 Å². The maximum Gasteiger partial charge on any atom is 0.139 e. The summed E-state index contributed by atoms with van der Waals surface area (Å²) >= 11 is 1.32. The standard InChI is InChI=1S/C8H12N2OS/c1-3-4-7(11)5-8-9-6(2)10-12-8/h3-5H2,1-2H3. The van der Waals surface area contributed by atoms with Gasteiger partial charge in [-0.3, -0.25) is 4.79 Å². The van der Waals surface area contributed by atoms with E-state index in [1.807, 2.05) is 13.8 Å². The normalized spacial score (nSPS) is 10.2. The molecule has 0 spiro atoms. The Morgan fingerprint density at radius 2 is 2.33 bits per heavy atom. The molecule has 0 bridgehead atoms. The maximum atomic E-state index is 11.2. The van der Waals surface area contributed by atoms with E-state index in [-0.39, 0.29) is 5.78 Å². The number of hydrogen-bond acceptors (Lipinski definition) is 4. The van der Waals surface area contributed by atoms with Crippen molar-refractivity contribution in [3.05, 3.63) is 10.8 Å². The number of nitrogens with zero attached hydrogens (tertiary/aromatic N) is 2. The van der Waals surface area contributed by atoms with Crippen LogP contribution in [0.3, 0.4) is 0 Å². The van der Waals surface area contributed by atoms with Crippen molar-refractivity contribution in [2.45, 2.75) is 33.1 Å². The highest BCUT2D eigenvalue weighted by molar-refractivity contribution is 7.05. The van der Waals surface area contributed by atoms with E-state index in [9.17, 15) is 4.79 Å². The summed E-state index contributed by atoms with van der Waals surface area (Å²) in [7, 11) is 0. The van der Waals surface area contributed by atoms with Crippen molar-refractivity contribution in [3.63, 3.8) is 0 Å². The molecule has 3 nitrogen and oxygen atoms in total. The van der Waals surface area contributed by atoms with Gasteiger partial charge in [-0.15, -0.1) is 0 Å². The van der Waals surface area contributed by atoms with E-state index in [0.29, 0.717) is 12.8 Å². The largest absolute Gasteiger partial charge is 0.299 e. The summed E-state index contributed by atoms with van der Waals surface area (Å²) in [6, 6.07) is 0. The van der Waals surface area contributed by atoms with E-state index < -0.39 is 0 Å². The molecule has 0 atom stereocenters. The third kappa shape index (κ3) is 2.70. The van der Waals surface area contributed by atoms with Gasteiger partial charge in [-0.25, -0.2) is 4.98 Å². The van der Waals surface area contributed by atoms with Gasteiger partial charge >= 0.3 is 0 Å². The van der Waals surface area contributed by atoms with Crippen LogP contribution >= 0.6 is 11.5 Å². The zero-order chi connectivity index (χ0) is 8.97. The molecule has 12 heavy (non-hydrogen) atoms. The van der Waals surface area contributed by atoms with Gasteiger partial charge < -0.3 is 0 Å². The Morgan fingerprint density at radius 1 is 1.58 bits per heavy atom. The second-order valence-corrected chi connectivity index (χ2v) is 3.54. The van der Waals surface area contributed by atoms with Crippen LogP contribution in [0.4, 0.5) is 0 Å². The minimum absolute atomic E-state index is 0.258. The first kappa shape index (κ1) is 9.32. The quantitative estimate of drug-likeness (QED) is 0.716. The van der Waals surface area contributed by atoms with Crippen molar-refractivity contribution in [3.8, 4) is 0 Å². The molecule has 1 rings (SSSR count). The third-order valence-electron chi connectivity index (χ3n) is 1.45. The number of carbonyl (C=O) groups excluding carboxylic acids is 1. The average molecular weight is 184 g/mol. The number of hydrogen-bond donors (Lipinski definition) is 0. The Balaban J connectivity index is 2.46. The Bertz CT molecular complexity index is 270. The highest BCUT2D eigenvalue weighted by Crippen LogP contribution is 2.06. The van der Waals surface area contributed by atoms with Crippen LogP contribution < -0.4 is 0 Å². The molecule has 1 aromatic heterocycles. The molecular weight excluding hydrogens is 172 g/mol. The number of Topliss-reactive ketones (excluding diaryl/α,β-unsaturated/α-hetero) is 1. The molecule has 0 aliphatic carbocycles. The molecule has 0 amide bonds. The summed E-state index contributed by atoms with van der Waals surface area (Å²) < 4.78 is 4.01. The Hall–Kier alpha value is -0.770. The molecule has 0 saturated heterocycles. The lowest BCUT2D eigenvalue weighted by Gasteiger charge is -1.92. The molecule has 0 aliphatic rings.